The van der Waals surface area contributed by atoms with Gasteiger partial charge in [0.05, 0.1) is 12.7 Å². The van der Waals surface area contributed by atoms with E-state index in [1.54, 1.807) is 24.3 Å². The van der Waals surface area contributed by atoms with Crippen LogP contribution in [0.15, 0.2) is 97.1 Å². The van der Waals surface area contributed by atoms with Crippen LogP contribution in [0.1, 0.15) is 55.8 Å². The van der Waals surface area contributed by atoms with E-state index in [0.717, 1.165) is 22.3 Å². The van der Waals surface area contributed by atoms with Crippen molar-refractivity contribution in [3.8, 4) is 11.5 Å². The molecular formula is C37H40N2O6. The van der Waals surface area contributed by atoms with Crippen molar-refractivity contribution in [3.63, 3.8) is 0 Å². The molecule has 4 aromatic carbocycles. The van der Waals surface area contributed by atoms with Gasteiger partial charge in [0.25, 0.3) is 11.8 Å². The highest BCUT2D eigenvalue weighted by Gasteiger charge is 2.22. The quantitative estimate of drug-likeness (QED) is 0.126. The fourth-order valence-corrected chi connectivity index (χ4v) is 4.77. The highest BCUT2D eigenvalue weighted by Crippen LogP contribution is 2.33. The van der Waals surface area contributed by atoms with Crippen molar-refractivity contribution in [2.45, 2.75) is 39.9 Å². The monoisotopic (exact) mass is 608 g/mol. The van der Waals surface area contributed by atoms with Crippen LogP contribution < -0.4 is 14.8 Å². The van der Waals surface area contributed by atoms with Crippen LogP contribution in [0.5, 0.6) is 11.5 Å². The zero-order chi connectivity index (χ0) is 32.0. The van der Waals surface area contributed by atoms with Crippen LogP contribution in [0.25, 0.3) is 0 Å². The molecule has 4 rings (SSSR count). The second-order valence-corrected chi connectivity index (χ2v) is 10.7. The van der Waals surface area contributed by atoms with E-state index in [-0.39, 0.29) is 25.0 Å². The Labute approximate surface area is 264 Å². The molecule has 0 saturated heterocycles. The maximum atomic E-state index is 13.4. The Morgan fingerprint density at radius 3 is 2.00 bits per heavy atom. The predicted molar refractivity (Wildman–Crippen MR) is 173 cm³/mol. The van der Waals surface area contributed by atoms with Gasteiger partial charge in [-0.25, -0.2) is 0 Å². The van der Waals surface area contributed by atoms with Gasteiger partial charge in [-0.3, -0.25) is 14.4 Å². The molecular weight excluding hydrogens is 568 g/mol. The average molecular weight is 609 g/mol. The molecule has 0 bridgehead atoms. The zero-order valence-corrected chi connectivity index (χ0v) is 26.1. The zero-order valence-electron chi connectivity index (χ0n) is 26.1. The minimum Gasteiger partial charge on any atom is -0.485 e. The lowest BCUT2D eigenvalue weighted by molar-refractivity contribution is -0.141. The Kier molecular flexibility index (Phi) is 12.1. The van der Waals surface area contributed by atoms with Crippen molar-refractivity contribution in [1.82, 2.24) is 10.2 Å². The summed E-state index contributed by atoms with van der Waals surface area (Å²) in [7, 11) is 1.30. The summed E-state index contributed by atoms with van der Waals surface area (Å²) in [6, 6.07) is 30.4. The van der Waals surface area contributed by atoms with E-state index in [2.05, 4.69) is 5.32 Å². The molecule has 234 valence electrons. The van der Waals surface area contributed by atoms with Crippen molar-refractivity contribution >= 4 is 17.8 Å². The Morgan fingerprint density at radius 1 is 0.711 bits per heavy atom. The smallest absolute Gasteiger partial charge is 0.325 e. The summed E-state index contributed by atoms with van der Waals surface area (Å²) < 4.78 is 17.1. The van der Waals surface area contributed by atoms with Crippen molar-refractivity contribution in [2.24, 2.45) is 0 Å². The summed E-state index contributed by atoms with van der Waals surface area (Å²) in [5.74, 6) is -0.150. The SMILES string of the molecule is COC(=O)CN(CCCCNC(=O)c1cccc(OCc2ccccc2)c1OCc1ccccc1)C(=O)c1cccc(C)c1C. The van der Waals surface area contributed by atoms with Crippen LogP contribution >= 0.6 is 0 Å². The number of ether oxygens (including phenoxy) is 3. The molecule has 0 aliphatic rings. The number of aryl methyl sites for hydroxylation is 1. The molecule has 0 aliphatic carbocycles. The third kappa shape index (κ3) is 9.44. The molecule has 1 N–H and O–H groups in total. The van der Waals surface area contributed by atoms with Gasteiger partial charge in [-0.1, -0.05) is 78.9 Å². The van der Waals surface area contributed by atoms with Gasteiger partial charge in [0.1, 0.15) is 19.8 Å². The molecule has 0 radical (unpaired) electrons. The number of hydrogen-bond donors (Lipinski definition) is 1. The first-order valence-electron chi connectivity index (χ1n) is 15.0. The molecule has 0 atom stereocenters. The number of amides is 2. The fourth-order valence-electron chi connectivity index (χ4n) is 4.77. The van der Waals surface area contributed by atoms with Crippen LogP contribution in [0.4, 0.5) is 0 Å². The minimum atomic E-state index is -0.487. The van der Waals surface area contributed by atoms with Crippen molar-refractivity contribution in [1.29, 1.82) is 0 Å². The first-order chi connectivity index (χ1) is 21.9. The summed E-state index contributed by atoms with van der Waals surface area (Å²) >= 11 is 0. The summed E-state index contributed by atoms with van der Waals surface area (Å²) in [4.78, 5) is 40.3. The molecule has 0 saturated carbocycles. The number of para-hydroxylation sites is 1. The van der Waals surface area contributed by atoms with E-state index >= 15 is 0 Å². The van der Waals surface area contributed by atoms with Crippen LogP contribution in [0.2, 0.25) is 0 Å². The van der Waals surface area contributed by atoms with E-state index in [9.17, 15) is 14.4 Å². The Bertz CT molecular complexity index is 1570. The number of hydrogen-bond acceptors (Lipinski definition) is 6. The van der Waals surface area contributed by atoms with E-state index in [1.165, 1.54) is 12.0 Å². The third-order valence-corrected chi connectivity index (χ3v) is 7.50. The number of unbranched alkanes of at least 4 members (excludes halogenated alkanes) is 1. The number of esters is 1. The maximum absolute atomic E-state index is 13.4. The first-order valence-corrected chi connectivity index (χ1v) is 15.0. The number of nitrogens with one attached hydrogen (secondary N) is 1. The van der Waals surface area contributed by atoms with Gasteiger partial charge in [-0.2, -0.15) is 0 Å². The Hall–Kier alpha value is -5.11. The van der Waals surface area contributed by atoms with E-state index in [4.69, 9.17) is 14.2 Å². The van der Waals surface area contributed by atoms with Crippen molar-refractivity contribution < 1.29 is 28.6 Å². The molecule has 0 fully saturated rings. The van der Waals surface area contributed by atoms with Crippen molar-refractivity contribution in [3.05, 3.63) is 130 Å². The molecule has 0 aromatic heterocycles. The standard InChI is InChI=1S/C37H40N2O6/c1-27-14-12-19-31(28(27)2)37(42)39(24-34(40)43-3)23-11-10-22-38-36(41)32-20-13-21-33(44-25-29-15-6-4-7-16-29)35(32)45-26-30-17-8-5-9-18-30/h4-9,12-21H,10-11,22-26H2,1-3H3,(H,38,41). The molecule has 0 aliphatic heterocycles. The molecule has 4 aromatic rings. The van der Waals surface area contributed by atoms with Crippen molar-refractivity contribution in [2.75, 3.05) is 26.7 Å². The van der Waals surface area contributed by atoms with Crippen LogP contribution in [-0.4, -0.2) is 49.4 Å². The molecule has 2 amide bonds. The van der Waals surface area contributed by atoms with Crippen LogP contribution in [0.3, 0.4) is 0 Å². The highest BCUT2D eigenvalue weighted by molar-refractivity contribution is 5.98. The number of carbonyl (C=O) groups excluding carboxylic acids is 3. The van der Waals surface area contributed by atoms with Gasteiger partial charge in [-0.05, 0) is 67.1 Å². The second kappa shape index (κ2) is 16.7. The number of nitrogens with zero attached hydrogens (tertiary/aromatic N) is 1. The summed E-state index contributed by atoms with van der Waals surface area (Å²) in [5, 5.41) is 2.97. The van der Waals surface area contributed by atoms with Crippen LogP contribution in [0, 0.1) is 13.8 Å². The largest absolute Gasteiger partial charge is 0.485 e. The second-order valence-electron chi connectivity index (χ2n) is 10.7. The van der Waals surface area contributed by atoms with E-state index in [1.807, 2.05) is 86.6 Å². The molecule has 0 heterocycles. The third-order valence-electron chi connectivity index (χ3n) is 7.50. The molecule has 0 spiro atoms. The number of rotatable bonds is 15. The number of methoxy groups -OCH3 is 1. The molecule has 45 heavy (non-hydrogen) atoms. The van der Waals surface area contributed by atoms with Gasteiger partial charge in [-0.15, -0.1) is 0 Å². The predicted octanol–water partition coefficient (Wildman–Crippen LogP) is 6.29. The van der Waals surface area contributed by atoms with E-state index < -0.39 is 5.97 Å². The van der Waals surface area contributed by atoms with Gasteiger partial charge >= 0.3 is 5.97 Å². The lowest BCUT2D eigenvalue weighted by Gasteiger charge is -2.23. The molecule has 8 nitrogen and oxygen atoms in total. The lowest BCUT2D eigenvalue weighted by Crippen LogP contribution is -2.37. The normalized spacial score (nSPS) is 10.6. The molecule has 8 heteroatoms. The fraction of sp³-hybridized carbons (Fsp3) is 0.270. The van der Waals surface area contributed by atoms with Gasteiger partial charge in [0.15, 0.2) is 11.5 Å². The maximum Gasteiger partial charge on any atom is 0.325 e. The summed E-state index contributed by atoms with van der Waals surface area (Å²) in [6.45, 7) is 5.01. The average Bonchev–Trinajstić information content (AvgIpc) is 3.07. The van der Waals surface area contributed by atoms with Crippen LogP contribution in [-0.2, 0) is 22.7 Å². The number of benzene rings is 4. The van der Waals surface area contributed by atoms with Gasteiger partial charge < -0.3 is 24.4 Å². The number of carbonyl (C=O) groups is 3. The molecule has 0 unspecified atom stereocenters. The Morgan fingerprint density at radius 2 is 1.33 bits per heavy atom. The first kappa shape index (κ1) is 32.8. The Balaban J connectivity index is 1.39. The summed E-state index contributed by atoms with van der Waals surface area (Å²) in [5.41, 5.74) is 4.78. The minimum absolute atomic E-state index is 0.146. The lowest BCUT2D eigenvalue weighted by atomic mass is 10.0. The van der Waals surface area contributed by atoms with Gasteiger partial charge in [0, 0.05) is 18.7 Å². The van der Waals surface area contributed by atoms with Gasteiger partial charge in [0.2, 0.25) is 0 Å². The topological polar surface area (TPSA) is 94.2 Å². The highest BCUT2D eigenvalue weighted by atomic mass is 16.5. The summed E-state index contributed by atoms with van der Waals surface area (Å²) in [6.07, 6.45) is 1.17. The van der Waals surface area contributed by atoms with E-state index in [0.29, 0.717) is 55.2 Å².